The average Bonchev–Trinajstić information content (AvgIpc) is 2.80. The second kappa shape index (κ2) is 3.99. The highest BCUT2D eigenvalue weighted by atomic mass is 19.1. The normalized spacial score (nSPS) is 10.7. The molecule has 2 aromatic heterocycles. The molecule has 18 heavy (non-hydrogen) atoms. The molecule has 2 N–H and O–H groups in total. The number of nitrogen functional groups attached to an aromatic ring is 1. The van der Waals surface area contributed by atoms with Gasteiger partial charge in [-0.2, -0.15) is 10.1 Å². The summed E-state index contributed by atoms with van der Waals surface area (Å²) in [4.78, 5) is 4.22. The molecule has 0 radical (unpaired) electrons. The van der Waals surface area contributed by atoms with E-state index in [2.05, 4.69) is 10.1 Å². The van der Waals surface area contributed by atoms with Crippen molar-refractivity contribution in [3.05, 3.63) is 48.5 Å². The van der Waals surface area contributed by atoms with Gasteiger partial charge in [-0.25, -0.2) is 8.91 Å². The molecular formula is C12H9FN4O. The van der Waals surface area contributed by atoms with Crippen molar-refractivity contribution < 1.29 is 9.13 Å². The van der Waals surface area contributed by atoms with Crippen LogP contribution in [0.2, 0.25) is 0 Å². The van der Waals surface area contributed by atoms with E-state index in [1.807, 2.05) is 0 Å². The lowest BCUT2D eigenvalue weighted by atomic mass is 10.3. The van der Waals surface area contributed by atoms with Gasteiger partial charge in [0, 0.05) is 24.4 Å². The lowest BCUT2D eigenvalue weighted by Gasteiger charge is -2.07. The largest absolute Gasteiger partial charge is 0.437 e. The van der Waals surface area contributed by atoms with Gasteiger partial charge >= 0.3 is 0 Å². The molecule has 0 aliphatic heterocycles. The van der Waals surface area contributed by atoms with Crippen LogP contribution in [0.3, 0.4) is 0 Å². The first kappa shape index (κ1) is 10.5. The number of nitrogens with two attached hydrogens (primary N) is 1. The van der Waals surface area contributed by atoms with Crippen molar-refractivity contribution in [1.29, 1.82) is 0 Å². The Morgan fingerprint density at radius 2 is 2.11 bits per heavy atom. The molecule has 0 saturated heterocycles. The van der Waals surface area contributed by atoms with Crippen molar-refractivity contribution in [2.75, 3.05) is 5.73 Å². The number of hydrogen-bond donors (Lipinski definition) is 1. The van der Waals surface area contributed by atoms with E-state index in [1.54, 1.807) is 29.0 Å². The minimum atomic E-state index is -0.404. The fraction of sp³-hybridized carbons (Fsp3) is 0. The molecule has 0 spiro atoms. The predicted octanol–water partition coefficient (Wildman–Crippen LogP) is 2.24. The average molecular weight is 244 g/mol. The van der Waals surface area contributed by atoms with Crippen molar-refractivity contribution in [2.24, 2.45) is 0 Å². The second-order valence-corrected chi connectivity index (χ2v) is 3.68. The van der Waals surface area contributed by atoms with Crippen LogP contribution in [0.15, 0.2) is 42.7 Å². The Kier molecular flexibility index (Phi) is 2.33. The standard InChI is InChI=1S/C12H9FN4O/c13-8-1-2-10(9(14)7-8)18-12-4-6-17-11(16-12)3-5-15-17/h1-7H,14H2. The van der Waals surface area contributed by atoms with Crippen LogP contribution in [-0.2, 0) is 0 Å². The Balaban J connectivity index is 1.95. The lowest BCUT2D eigenvalue weighted by Crippen LogP contribution is -1.96. The molecule has 90 valence electrons. The summed E-state index contributed by atoms with van der Waals surface area (Å²) in [6.07, 6.45) is 3.36. The van der Waals surface area contributed by atoms with Gasteiger partial charge in [-0.3, -0.25) is 0 Å². The third-order valence-electron chi connectivity index (χ3n) is 2.42. The van der Waals surface area contributed by atoms with E-state index in [0.717, 1.165) is 0 Å². The van der Waals surface area contributed by atoms with Crippen molar-refractivity contribution in [3.8, 4) is 11.6 Å². The number of rotatable bonds is 2. The van der Waals surface area contributed by atoms with Crippen LogP contribution < -0.4 is 10.5 Å². The van der Waals surface area contributed by atoms with Crippen LogP contribution in [0.4, 0.5) is 10.1 Å². The Bertz CT molecular complexity index is 710. The van der Waals surface area contributed by atoms with E-state index in [9.17, 15) is 4.39 Å². The molecule has 2 heterocycles. The van der Waals surface area contributed by atoms with Gasteiger partial charge in [-0.05, 0) is 12.1 Å². The summed E-state index contributed by atoms with van der Waals surface area (Å²) in [6.45, 7) is 0. The van der Waals surface area contributed by atoms with Gasteiger partial charge in [0.05, 0.1) is 11.9 Å². The maximum Gasteiger partial charge on any atom is 0.222 e. The zero-order valence-electron chi connectivity index (χ0n) is 9.25. The maximum absolute atomic E-state index is 12.9. The fourth-order valence-electron chi connectivity index (χ4n) is 1.58. The van der Waals surface area contributed by atoms with Gasteiger partial charge in [-0.1, -0.05) is 0 Å². The van der Waals surface area contributed by atoms with Crippen molar-refractivity contribution in [2.45, 2.75) is 0 Å². The third-order valence-corrected chi connectivity index (χ3v) is 2.42. The van der Waals surface area contributed by atoms with Crippen LogP contribution in [0, 0.1) is 5.82 Å². The van der Waals surface area contributed by atoms with Gasteiger partial charge in [0.25, 0.3) is 0 Å². The van der Waals surface area contributed by atoms with E-state index in [-0.39, 0.29) is 5.69 Å². The Morgan fingerprint density at radius 1 is 1.22 bits per heavy atom. The summed E-state index contributed by atoms with van der Waals surface area (Å²) in [5.74, 6) is 0.341. The summed E-state index contributed by atoms with van der Waals surface area (Å²) in [6, 6.07) is 7.35. The Hall–Kier alpha value is -2.63. The first-order valence-corrected chi connectivity index (χ1v) is 5.26. The molecular weight excluding hydrogens is 235 g/mol. The number of aromatic nitrogens is 3. The Labute approximate surface area is 102 Å². The first-order chi connectivity index (χ1) is 8.72. The fourth-order valence-corrected chi connectivity index (χ4v) is 1.58. The molecule has 0 atom stereocenters. The first-order valence-electron chi connectivity index (χ1n) is 5.26. The smallest absolute Gasteiger partial charge is 0.222 e. The van der Waals surface area contributed by atoms with Gasteiger partial charge in [0.2, 0.25) is 5.88 Å². The molecule has 3 rings (SSSR count). The molecule has 3 aromatic rings. The summed E-state index contributed by atoms with van der Waals surface area (Å²) in [5.41, 5.74) is 6.54. The molecule has 0 unspecified atom stereocenters. The minimum Gasteiger partial charge on any atom is -0.437 e. The summed E-state index contributed by atoms with van der Waals surface area (Å²) >= 11 is 0. The van der Waals surface area contributed by atoms with Crippen molar-refractivity contribution >= 4 is 11.3 Å². The van der Waals surface area contributed by atoms with Gasteiger partial charge in [0.1, 0.15) is 5.82 Å². The molecule has 0 fully saturated rings. The number of ether oxygens (including phenoxy) is 1. The number of fused-ring (bicyclic) bond motifs is 1. The van der Waals surface area contributed by atoms with Crippen LogP contribution in [0.25, 0.3) is 5.65 Å². The van der Waals surface area contributed by atoms with Crippen LogP contribution in [0.1, 0.15) is 0 Å². The summed E-state index contributed by atoms with van der Waals surface area (Å²) in [5, 5.41) is 4.02. The number of nitrogens with zero attached hydrogens (tertiary/aromatic N) is 3. The highest BCUT2D eigenvalue weighted by molar-refractivity contribution is 5.53. The summed E-state index contributed by atoms with van der Waals surface area (Å²) < 4.78 is 20.0. The number of halogens is 1. The number of anilines is 1. The van der Waals surface area contributed by atoms with E-state index >= 15 is 0 Å². The number of benzene rings is 1. The maximum atomic E-state index is 12.9. The van der Waals surface area contributed by atoms with E-state index in [1.165, 1.54) is 18.2 Å². The Morgan fingerprint density at radius 3 is 2.94 bits per heavy atom. The third kappa shape index (κ3) is 1.84. The molecule has 0 aliphatic carbocycles. The second-order valence-electron chi connectivity index (χ2n) is 3.68. The highest BCUT2D eigenvalue weighted by Gasteiger charge is 2.05. The summed E-state index contributed by atoms with van der Waals surface area (Å²) in [7, 11) is 0. The highest BCUT2D eigenvalue weighted by Crippen LogP contribution is 2.26. The monoisotopic (exact) mass is 244 g/mol. The van der Waals surface area contributed by atoms with E-state index in [0.29, 0.717) is 17.3 Å². The molecule has 0 amide bonds. The minimum absolute atomic E-state index is 0.227. The molecule has 0 bridgehead atoms. The van der Waals surface area contributed by atoms with Crippen LogP contribution in [-0.4, -0.2) is 14.6 Å². The molecule has 0 aliphatic rings. The zero-order valence-corrected chi connectivity index (χ0v) is 9.25. The molecule has 6 heteroatoms. The molecule has 0 saturated carbocycles. The van der Waals surface area contributed by atoms with E-state index < -0.39 is 5.82 Å². The number of hydrogen-bond acceptors (Lipinski definition) is 4. The van der Waals surface area contributed by atoms with Gasteiger partial charge in [0.15, 0.2) is 11.4 Å². The van der Waals surface area contributed by atoms with Gasteiger partial charge < -0.3 is 10.5 Å². The van der Waals surface area contributed by atoms with Crippen molar-refractivity contribution in [3.63, 3.8) is 0 Å². The zero-order chi connectivity index (χ0) is 12.5. The molecule has 5 nitrogen and oxygen atoms in total. The SMILES string of the molecule is Nc1cc(F)ccc1Oc1ccn2nccc2n1. The van der Waals surface area contributed by atoms with E-state index in [4.69, 9.17) is 10.5 Å². The van der Waals surface area contributed by atoms with Crippen LogP contribution in [0.5, 0.6) is 11.6 Å². The quantitative estimate of drug-likeness (QED) is 0.702. The molecule has 1 aromatic carbocycles. The topological polar surface area (TPSA) is 65.4 Å². The predicted molar refractivity (Wildman–Crippen MR) is 63.9 cm³/mol. The lowest BCUT2D eigenvalue weighted by molar-refractivity contribution is 0.463. The van der Waals surface area contributed by atoms with Crippen LogP contribution >= 0.6 is 0 Å². The van der Waals surface area contributed by atoms with Gasteiger partial charge in [-0.15, -0.1) is 0 Å². The van der Waals surface area contributed by atoms with Crippen molar-refractivity contribution in [1.82, 2.24) is 14.6 Å².